The molecule has 170 valence electrons. The Kier molecular flexibility index (Phi) is 6.53. The van der Waals surface area contributed by atoms with E-state index in [0.717, 1.165) is 50.0 Å². The number of benzene rings is 2. The zero-order chi connectivity index (χ0) is 22.9. The highest BCUT2D eigenvalue weighted by atomic mass is 35.5. The maximum Gasteiger partial charge on any atom is 0.314 e. The lowest BCUT2D eigenvalue weighted by Crippen LogP contribution is -2.52. The fourth-order valence-electron chi connectivity index (χ4n) is 5.27. The summed E-state index contributed by atoms with van der Waals surface area (Å²) in [6, 6.07) is 15.3. The van der Waals surface area contributed by atoms with Crippen molar-refractivity contribution in [3.63, 3.8) is 0 Å². The molecule has 0 bridgehead atoms. The minimum atomic E-state index is -0.867. The third kappa shape index (κ3) is 4.39. The summed E-state index contributed by atoms with van der Waals surface area (Å²) in [5, 5.41) is 14.0. The SMILES string of the molecule is CC(=O)NC1(c2ccccc2)CCN(CC[C@H]2C[C@@]2(C(=O)O)c2ccc(Cl)c(Cl)c2)CC1. The second-order valence-corrected chi connectivity index (χ2v) is 9.88. The van der Waals surface area contributed by atoms with Crippen LogP contribution in [0.2, 0.25) is 10.0 Å². The number of aliphatic carboxylic acids is 1. The van der Waals surface area contributed by atoms with Crippen molar-refractivity contribution in [1.29, 1.82) is 0 Å². The molecule has 0 aromatic heterocycles. The van der Waals surface area contributed by atoms with Gasteiger partial charge in [-0.2, -0.15) is 0 Å². The number of nitrogens with zero attached hydrogens (tertiary/aromatic N) is 1. The third-order valence-electron chi connectivity index (χ3n) is 7.17. The smallest absolute Gasteiger partial charge is 0.314 e. The molecule has 2 atom stereocenters. The summed E-state index contributed by atoms with van der Waals surface area (Å²) in [4.78, 5) is 26.4. The predicted molar refractivity (Wildman–Crippen MR) is 126 cm³/mol. The largest absolute Gasteiger partial charge is 0.481 e. The van der Waals surface area contributed by atoms with Gasteiger partial charge in [-0.25, -0.2) is 0 Å². The van der Waals surface area contributed by atoms with Crippen LogP contribution >= 0.6 is 23.2 Å². The molecule has 1 aliphatic carbocycles. The van der Waals surface area contributed by atoms with Crippen LogP contribution in [0.1, 0.15) is 43.7 Å². The van der Waals surface area contributed by atoms with Crippen molar-refractivity contribution in [2.75, 3.05) is 19.6 Å². The summed E-state index contributed by atoms with van der Waals surface area (Å²) in [6.07, 6.45) is 3.09. The number of amides is 1. The topological polar surface area (TPSA) is 69.6 Å². The summed E-state index contributed by atoms with van der Waals surface area (Å²) in [6.45, 7) is 4.12. The maximum absolute atomic E-state index is 12.2. The van der Waals surface area contributed by atoms with E-state index in [1.54, 1.807) is 25.1 Å². The normalized spacial score (nSPS) is 24.7. The molecule has 0 unspecified atom stereocenters. The first kappa shape index (κ1) is 23.1. The quantitative estimate of drug-likeness (QED) is 0.601. The van der Waals surface area contributed by atoms with Gasteiger partial charge in [0.1, 0.15) is 0 Å². The second kappa shape index (κ2) is 9.05. The van der Waals surface area contributed by atoms with Crippen molar-refractivity contribution in [3.05, 3.63) is 69.7 Å². The van der Waals surface area contributed by atoms with Crippen molar-refractivity contribution in [3.8, 4) is 0 Å². The number of nitrogens with one attached hydrogen (secondary N) is 1. The maximum atomic E-state index is 12.2. The monoisotopic (exact) mass is 474 g/mol. The summed E-state index contributed by atoms with van der Waals surface area (Å²) in [7, 11) is 0. The number of hydrogen-bond acceptors (Lipinski definition) is 3. The summed E-state index contributed by atoms with van der Waals surface area (Å²) in [5.74, 6) is -0.741. The summed E-state index contributed by atoms with van der Waals surface area (Å²) >= 11 is 12.2. The molecule has 0 radical (unpaired) electrons. The van der Waals surface area contributed by atoms with Crippen LogP contribution in [0.4, 0.5) is 0 Å². The Morgan fingerprint density at radius 1 is 1.06 bits per heavy atom. The Morgan fingerprint density at radius 3 is 2.34 bits per heavy atom. The van der Waals surface area contributed by atoms with Gasteiger partial charge in [0.15, 0.2) is 0 Å². The van der Waals surface area contributed by atoms with Crippen LogP contribution in [0.25, 0.3) is 0 Å². The lowest BCUT2D eigenvalue weighted by atomic mass is 9.80. The molecular formula is C25H28Cl2N2O3. The second-order valence-electron chi connectivity index (χ2n) is 9.07. The van der Waals surface area contributed by atoms with Gasteiger partial charge in [0.2, 0.25) is 5.91 Å². The molecular weight excluding hydrogens is 447 g/mol. The van der Waals surface area contributed by atoms with Gasteiger partial charge in [-0.15, -0.1) is 0 Å². The van der Waals surface area contributed by atoms with Gasteiger partial charge in [0, 0.05) is 20.0 Å². The summed E-state index contributed by atoms with van der Waals surface area (Å²) < 4.78 is 0. The molecule has 2 fully saturated rings. The lowest BCUT2D eigenvalue weighted by Gasteiger charge is -2.42. The molecule has 4 rings (SSSR count). The van der Waals surface area contributed by atoms with E-state index in [1.807, 2.05) is 18.2 Å². The fraction of sp³-hybridized carbons (Fsp3) is 0.440. The number of carbonyl (C=O) groups excluding carboxylic acids is 1. The number of halogens is 2. The van der Waals surface area contributed by atoms with E-state index < -0.39 is 11.4 Å². The Hall–Kier alpha value is -2.08. The van der Waals surface area contributed by atoms with E-state index in [1.165, 1.54) is 0 Å². The molecule has 0 spiro atoms. The van der Waals surface area contributed by atoms with Gasteiger partial charge < -0.3 is 15.3 Å². The first-order chi connectivity index (χ1) is 15.3. The van der Waals surface area contributed by atoms with Crippen molar-refractivity contribution >= 4 is 35.1 Å². The Balaban J connectivity index is 1.39. The highest BCUT2D eigenvalue weighted by Crippen LogP contribution is 2.57. The molecule has 5 nitrogen and oxygen atoms in total. The molecule has 2 N–H and O–H groups in total. The number of carbonyl (C=O) groups is 2. The number of hydrogen-bond donors (Lipinski definition) is 2. The van der Waals surface area contributed by atoms with E-state index in [4.69, 9.17) is 23.2 Å². The Labute approximate surface area is 198 Å². The van der Waals surface area contributed by atoms with Crippen LogP contribution in [0, 0.1) is 5.92 Å². The third-order valence-corrected chi connectivity index (χ3v) is 7.91. The van der Waals surface area contributed by atoms with Gasteiger partial charge in [-0.1, -0.05) is 59.6 Å². The van der Waals surface area contributed by atoms with E-state index in [2.05, 4.69) is 22.3 Å². The van der Waals surface area contributed by atoms with E-state index in [9.17, 15) is 14.7 Å². The van der Waals surface area contributed by atoms with E-state index in [0.29, 0.717) is 16.5 Å². The zero-order valence-corrected chi connectivity index (χ0v) is 19.6. The Bertz CT molecular complexity index is 1010. The minimum Gasteiger partial charge on any atom is -0.481 e. The molecule has 7 heteroatoms. The molecule has 1 amide bonds. The van der Waals surface area contributed by atoms with Crippen molar-refractivity contribution < 1.29 is 14.7 Å². The highest BCUT2D eigenvalue weighted by Gasteiger charge is 2.61. The van der Waals surface area contributed by atoms with Crippen LogP contribution in [0.5, 0.6) is 0 Å². The predicted octanol–water partition coefficient (Wildman–Crippen LogP) is 4.85. The van der Waals surface area contributed by atoms with Crippen molar-refractivity contribution in [2.24, 2.45) is 5.92 Å². The van der Waals surface area contributed by atoms with Gasteiger partial charge in [-0.05, 0) is 61.4 Å². The first-order valence-corrected chi connectivity index (χ1v) is 11.8. The van der Waals surface area contributed by atoms with E-state index in [-0.39, 0.29) is 17.4 Å². The average molecular weight is 475 g/mol. The van der Waals surface area contributed by atoms with E-state index >= 15 is 0 Å². The molecule has 1 saturated carbocycles. The van der Waals surface area contributed by atoms with Crippen LogP contribution < -0.4 is 5.32 Å². The average Bonchev–Trinajstić information content (AvgIpc) is 3.51. The number of piperidine rings is 1. The molecule has 2 aromatic rings. The van der Waals surface area contributed by atoms with Crippen LogP contribution in [0.15, 0.2) is 48.5 Å². The zero-order valence-electron chi connectivity index (χ0n) is 18.1. The van der Waals surface area contributed by atoms with Crippen molar-refractivity contribution in [2.45, 2.75) is 43.6 Å². The van der Waals surface area contributed by atoms with Gasteiger partial charge in [0.05, 0.1) is 21.0 Å². The summed E-state index contributed by atoms with van der Waals surface area (Å²) in [5.41, 5.74) is 0.667. The lowest BCUT2D eigenvalue weighted by molar-refractivity contribution is -0.140. The Morgan fingerprint density at radius 2 is 1.75 bits per heavy atom. The molecule has 32 heavy (non-hydrogen) atoms. The highest BCUT2D eigenvalue weighted by molar-refractivity contribution is 6.42. The number of carboxylic acid groups (broad SMARTS) is 1. The molecule has 1 aliphatic heterocycles. The van der Waals surface area contributed by atoms with Gasteiger partial charge >= 0.3 is 5.97 Å². The number of likely N-dealkylation sites (tertiary alicyclic amines) is 1. The van der Waals surface area contributed by atoms with Crippen LogP contribution in [0.3, 0.4) is 0 Å². The molecule has 1 heterocycles. The minimum absolute atomic E-state index is 0.0202. The fourth-order valence-corrected chi connectivity index (χ4v) is 5.57. The first-order valence-electron chi connectivity index (χ1n) is 11.0. The number of rotatable bonds is 7. The van der Waals surface area contributed by atoms with Gasteiger partial charge in [-0.3, -0.25) is 9.59 Å². The standard InChI is InChI=1S/C25H28Cl2N2O3/c1-17(30)28-24(18-5-3-2-4-6-18)10-13-29(14-11-24)12-9-20-16-25(20,23(31)32)19-7-8-21(26)22(27)15-19/h2-8,15,20H,9-14,16H2,1H3,(H,28,30)(H,31,32)/t20-,25+/m0/s1. The van der Waals surface area contributed by atoms with Gasteiger partial charge in [0.25, 0.3) is 0 Å². The van der Waals surface area contributed by atoms with Crippen LogP contribution in [-0.2, 0) is 20.5 Å². The number of carboxylic acids is 1. The van der Waals surface area contributed by atoms with Crippen molar-refractivity contribution in [1.82, 2.24) is 10.2 Å². The molecule has 2 aliphatic rings. The van der Waals surface area contributed by atoms with Crippen LogP contribution in [-0.4, -0.2) is 41.5 Å². The molecule has 1 saturated heterocycles. The molecule has 2 aromatic carbocycles.